The number of pyridine rings is 1. The Kier molecular flexibility index (Phi) is 2.85. The van der Waals surface area contributed by atoms with Gasteiger partial charge in [-0.2, -0.15) is 0 Å². The first-order valence-electron chi connectivity index (χ1n) is 6.43. The lowest BCUT2D eigenvalue weighted by molar-refractivity contribution is 0.0952. The second-order valence-corrected chi connectivity index (χ2v) is 4.94. The quantitative estimate of drug-likeness (QED) is 0.917. The van der Waals surface area contributed by atoms with Gasteiger partial charge in [0, 0.05) is 17.1 Å². The molecule has 0 saturated heterocycles. The first kappa shape index (κ1) is 12.0. The summed E-state index contributed by atoms with van der Waals surface area (Å²) in [6.45, 7) is 1.90. The summed E-state index contributed by atoms with van der Waals surface area (Å²) < 4.78 is 5.22. The topological polar surface area (TPSA) is 51.2 Å². The van der Waals surface area contributed by atoms with Crippen molar-refractivity contribution in [3.63, 3.8) is 0 Å². The molecule has 1 fully saturated rings. The van der Waals surface area contributed by atoms with E-state index in [0.717, 1.165) is 35.2 Å². The van der Waals surface area contributed by atoms with Gasteiger partial charge in [0.15, 0.2) is 0 Å². The average molecular weight is 256 g/mol. The third-order valence-corrected chi connectivity index (χ3v) is 3.30. The maximum atomic E-state index is 12.3. The summed E-state index contributed by atoms with van der Waals surface area (Å²) >= 11 is 0. The predicted molar refractivity (Wildman–Crippen MR) is 73.5 cm³/mol. The molecule has 0 radical (unpaired) electrons. The smallest absolute Gasteiger partial charge is 0.252 e. The molecule has 4 heteroatoms. The van der Waals surface area contributed by atoms with Crippen LogP contribution in [0.5, 0.6) is 5.75 Å². The summed E-state index contributed by atoms with van der Waals surface area (Å²) in [6.07, 6.45) is 2.16. The van der Waals surface area contributed by atoms with Crippen LogP contribution in [-0.4, -0.2) is 24.0 Å². The Morgan fingerprint density at radius 2 is 2.16 bits per heavy atom. The molecular weight excluding hydrogens is 240 g/mol. The molecule has 4 nitrogen and oxygen atoms in total. The van der Waals surface area contributed by atoms with Gasteiger partial charge in [0.2, 0.25) is 0 Å². The first-order valence-corrected chi connectivity index (χ1v) is 6.43. The molecule has 3 rings (SSSR count). The molecule has 0 bridgehead atoms. The van der Waals surface area contributed by atoms with Crippen LogP contribution >= 0.6 is 0 Å². The van der Waals surface area contributed by atoms with Crippen molar-refractivity contribution in [2.24, 2.45) is 0 Å². The van der Waals surface area contributed by atoms with Crippen LogP contribution in [0, 0.1) is 6.92 Å². The highest BCUT2D eigenvalue weighted by atomic mass is 16.5. The summed E-state index contributed by atoms with van der Waals surface area (Å²) in [7, 11) is 1.62. The number of nitrogens with zero attached hydrogens (tertiary/aromatic N) is 1. The Hall–Kier alpha value is -2.10. The van der Waals surface area contributed by atoms with Crippen LogP contribution in [0.25, 0.3) is 10.9 Å². The molecule has 19 heavy (non-hydrogen) atoms. The maximum Gasteiger partial charge on any atom is 0.252 e. The fourth-order valence-corrected chi connectivity index (χ4v) is 2.14. The maximum absolute atomic E-state index is 12.3. The molecule has 1 aromatic carbocycles. The molecule has 1 heterocycles. The molecule has 1 aliphatic carbocycles. The van der Waals surface area contributed by atoms with Crippen molar-refractivity contribution in [3.05, 3.63) is 35.5 Å². The first-order chi connectivity index (χ1) is 9.17. The van der Waals surface area contributed by atoms with Crippen molar-refractivity contribution >= 4 is 16.8 Å². The van der Waals surface area contributed by atoms with Gasteiger partial charge in [-0.1, -0.05) is 0 Å². The fraction of sp³-hybridized carbons (Fsp3) is 0.333. The van der Waals surface area contributed by atoms with E-state index < -0.39 is 0 Å². The van der Waals surface area contributed by atoms with Crippen LogP contribution in [0.4, 0.5) is 0 Å². The number of benzene rings is 1. The average Bonchev–Trinajstić information content (AvgIpc) is 3.21. The highest BCUT2D eigenvalue weighted by molar-refractivity contribution is 6.06. The van der Waals surface area contributed by atoms with Crippen molar-refractivity contribution < 1.29 is 9.53 Å². The van der Waals surface area contributed by atoms with Crippen molar-refractivity contribution in [1.29, 1.82) is 0 Å². The van der Waals surface area contributed by atoms with Gasteiger partial charge in [-0.3, -0.25) is 9.78 Å². The molecule has 1 saturated carbocycles. The third-order valence-electron chi connectivity index (χ3n) is 3.30. The lowest BCUT2D eigenvalue weighted by atomic mass is 10.1. The number of carbonyl (C=O) groups is 1. The van der Waals surface area contributed by atoms with Gasteiger partial charge < -0.3 is 10.1 Å². The lowest BCUT2D eigenvalue weighted by Crippen LogP contribution is -2.25. The largest absolute Gasteiger partial charge is 0.497 e. The molecule has 98 valence electrons. The molecule has 0 aliphatic heterocycles. The van der Waals surface area contributed by atoms with Crippen molar-refractivity contribution in [2.75, 3.05) is 7.11 Å². The van der Waals surface area contributed by atoms with Crippen LogP contribution in [-0.2, 0) is 0 Å². The zero-order chi connectivity index (χ0) is 13.4. The second kappa shape index (κ2) is 4.53. The van der Waals surface area contributed by atoms with E-state index in [4.69, 9.17) is 4.74 Å². The van der Waals surface area contributed by atoms with E-state index >= 15 is 0 Å². The summed E-state index contributed by atoms with van der Waals surface area (Å²) in [5.41, 5.74) is 2.34. The second-order valence-electron chi connectivity index (χ2n) is 4.94. The minimum absolute atomic E-state index is 0.0220. The molecule has 2 aromatic rings. The Morgan fingerprint density at radius 1 is 1.37 bits per heavy atom. The van der Waals surface area contributed by atoms with E-state index in [1.54, 1.807) is 7.11 Å². The van der Waals surface area contributed by atoms with Gasteiger partial charge in [0.1, 0.15) is 5.75 Å². The normalized spacial score (nSPS) is 14.4. The molecule has 0 spiro atoms. The summed E-state index contributed by atoms with van der Waals surface area (Å²) in [6, 6.07) is 7.79. The molecule has 1 amide bonds. The highest BCUT2D eigenvalue weighted by Gasteiger charge is 2.24. The minimum Gasteiger partial charge on any atom is -0.497 e. The standard InChI is InChI=1S/C15H16N2O2/c1-9-7-13(15(18)17-10-3-4-10)12-8-11(19-2)5-6-14(12)16-9/h5-8,10H,3-4H2,1-2H3,(H,17,18). The molecular formula is C15H16N2O2. The number of methoxy groups -OCH3 is 1. The number of ether oxygens (including phenoxy) is 1. The van der Waals surface area contributed by atoms with Crippen LogP contribution in [0.3, 0.4) is 0 Å². The van der Waals surface area contributed by atoms with E-state index in [9.17, 15) is 4.79 Å². The Labute approximate surface area is 111 Å². The molecule has 0 atom stereocenters. The number of fused-ring (bicyclic) bond motifs is 1. The number of carbonyl (C=O) groups excluding carboxylic acids is 1. The van der Waals surface area contributed by atoms with E-state index in [-0.39, 0.29) is 5.91 Å². The fourth-order valence-electron chi connectivity index (χ4n) is 2.14. The van der Waals surface area contributed by atoms with E-state index in [0.29, 0.717) is 11.6 Å². The van der Waals surface area contributed by atoms with Crippen LogP contribution in [0.2, 0.25) is 0 Å². The van der Waals surface area contributed by atoms with E-state index in [1.165, 1.54) is 0 Å². The Balaban J connectivity index is 2.11. The highest BCUT2D eigenvalue weighted by Crippen LogP contribution is 2.25. The molecule has 1 aromatic heterocycles. The number of amides is 1. The third kappa shape index (κ3) is 2.38. The van der Waals surface area contributed by atoms with E-state index in [1.807, 2.05) is 31.2 Å². The molecule has 0 unspecified atom stereocenters. The zero-order valence-electron chi connectivity index (χ0n) is 11.1. The van der Waals surface area contributed by atoms with Crippen LogP contribution in [0.1, 0.15) is 28.9 Å². The van der Waals surface area contributed by atoms with Crippen LogP contribution in [0.15, 0.2) is 24.3 Å². The van der Waals surface area contributed by atoms with Gasteiger partial charge in [-0.15, -0.1) is 0 Å². The van der Waals surface area contributed by atoms with E-state index in [2.05, 4.69) is 10.3 Å². The van der Waals surface area contributed by atoms with Gasteiger partial charge in [-0.05, 0) is 44.0 Å². The van der Waals surface area contributed by atoms with Crippen molar-refractivity contribution in [1.82, 2.24) is 10.3 Å². The number of hydrogen-bond donors (Lipinski definition) is 1. The summed E-state index contributed by atoms with van der Waals surface area (Å²) in [5, 5.41) is 3.86. The minimum atomic E-state index is -0.0220. The Morgan fingerprint density at radius 3 is 2.84 bits per heavy atom. The van der Waals surface area contributed by atoms with Gasteiger partial charge >= 0.3 is 0 Å². The molecule has 1 aliphatic rings. The SMILES string of the molecule is COc1ccc2nc(C)cc(C(=O)NC3CC3)c2c1. The zero-order valence-corrected chi connectivity index (χ0v) is 11.1. The van der Waals surface area contributed by atoms with Gasteiger partial charge in [0.05, 0.1) is 18.2 Å². The predicted octanol–water partition coefficient (Wildman–Crippen LogP) is 2.44. The number of aromatic nitrogens is 1. The van der Waals surface area contributed by atoms with Gasteiger partial charge in [-0.25, -0.2) is 0 Å². The van der Waals surface area contributed by atoms with Crippen molar-refractivity contribution in [3.8, 4) is 5.75 Å². The number of nitrogens with one attached hydrogen (secondary N) is 1. The number of rotatable bonds is 3. The Bertz CT molecular complexity index is 648. The van der Waals surface area contributed by atoms with Crippen molar-refractivity contribution in [2.45, 2.75) is 25.8 Å². The van der Waals surface area contributed by atoms with Crippen LogP contribution < -0.4 is 10.1 Å². The summed E-state index contributed by atoms with van der Waals surface area (Å²) in [4.78, 5) is 16.7. The number of aryl methyl sites for hydroxylation is 1. The monoisotopic (exact) mass is 256 g/mol. The summed E-state index contributed by atoms with van der Waals surface area (Å²) in [5.74, 6) is 0.713. The van der Waals surface area contributed by atoms with Gasteiger partial charge in [0.25, 0.3) is 5.91 Å². The lowest BCUT2D eigenvalue weighted by Gasteiger charge is -2.09. The molecule has 1 N–H and O–H groups in total. The number of hydrogen-bond acceptors (Lipinski definition) is 3.